The van der Waals surface area contributed by atoms with Crippen LogP contribution in [-0.2, 0) is 20.1 Å². The van der Waals surface area contributed by atoms with Crippen LogP contribution in [-0.4, -0.2) is 28.2 Å². The number of terminal acetylenes is 1. The number of rotatable bonds is 3. The molecule has 5 nitrogen and oxygen atoms in total. The van der Waals surface area contributed by atoms with Gasteiger partial charge in [-0.05, 0) is 38.8 Å². The molecule has 0 N–H and O–H groups in total. The number of allylic oxidation sites excluding steroid dienone is 2. The maximum absolute atomic E-state index is 13.6. The highest BCUT2D eigenvalue weighted by Crippen LogP contribution is 2.56. The van der Waals surface area contributed by atoms with E-state index >= 15 is 0 Å². The van der Waals surface area contributed by atoms with Crippen LogP contribution in [0.2, 0.25) is 0 Å². The first kappa shape index (κ1) is 19.3. The maximum Gasteiger partial charge on any atom is 0.283 e. The lowest BCUT2D eigenvalue weighted by Crippen LogP contribution is -2.69. The van der Waals surface area contributed by atoms with Gasteiger partial charge in [-0.25, -0.2) is 5.06 Å². The Balaban J connectivity index is 2.10. The summed E-state index contributed by atoms with van der Waals surface area (Å²) < 4.78 is 0. The molecule has 2 aromatic rings. The molecule has 1 spiro atoms. The quantitative estimate of drug-likeness (QED) is 0.739. The van der Waals surface area contributed by atoms with Crippen molar-refractivity contribution in [3.8, 4) is 23.5 Å². The minimum absolute atomic E-state index is 0.0311. The molecule has 0 radical (unpaired) electrons. The van der Waals surface area contributed by atoms with Crippen LogP contribution in [0.1, 0.15) is 38.8 Å². The van der Waals surface area contributed by atoms with E-state index in [0.29, 0.717) is 0 Å². The van der Waals surface area contributed by atoms with Gasteiger partial charge < -0.3 is 0 Å². The second kappa shape index (κ2) is 6.77. The highest BCUT2D eigenvalue weighted by molar-refractivity contribution is 5.89. The number of fused-ring (bicyclic) bond motifs is 5. The predicted molar refractivity (Wildman–Crippen MR) is 111 cm³/mol. The van der Waals surface area contributed by atoms with Crippen molar-refractivity contribution in [3.63, 3.8) is 0 Å². The summed E-state index contributed by atoms with van der Waals surface area (Å²) in [4.78, 5) is 25.8. The van der Waals surface area contributed by atoms with Gasteiger partial charge in [-0.15, -0.1) is 6.42 Å². The summed E-state index contributed by atoms with van der Waals surface area (Å²) in [6.07, 6.45) is 7.44. The van der Waals surface area contributed by atoms with Crippen molar-refractivity contribution in [2.45, 2.75) is 39.0 Å². The van der Waals surface area contributed by atoms with Gasteiger partial charge in [-0.1, -0.05) is 60.5 Å². The third-order valence-corrected chi connectivity index (χ3v) is 5.52. The van der Waals surface area contributed by atoms with Gasteiger partial charge in [0.25, 0.3) is 5.91 Å². The molecule has 2 aromatic carbocycles. The van der Waals surface area contributed by atoms with E-state index in [9.17, 15) is 4.79 Å². The monoisotopic (exact) mass is 388 g/mol. The van der Waals surface area contributed by atoms with Gasteiger partial charge in [0.15, 0.2) is 5.60 Å². The number of carbonyl (C=O) groups excluding carboxylic acids is 1. The van der Waals surface area contributed by atoms with Gasteiger partial charge in [-0.2, -0.15) is 5.06 Å². The minimum atomic E-state index is -1.13. The van der Waals surface area contributed by atoms with E-state index in [1.807, 2.05) is 56.3 Å². The number of hydrogen-bond donors (Lipinski definition) is 0. The zero-order valence-electron chi connectivity index (χ0n) is 17.1. The molecule has 5 heteroatoms. The summed E-state index contributed by atoms with van der Waals surface area (Å²) in [6.45, 7) is 7.33. The van der Waals surface area contributed by atoms with Crippen LogP contribution in [0.4, 0.5) is 0 Å². The third-order valence-electron chi connectivity index (χ3n) is 5.52. The van der Waals surface area contributed by atoms with Crippen LogP contribution < -0.4 is 0 Å². The number of hydrogen-bond acceptors (Lipinski definition) is 4. The Morgan fingerprint density at radius 1 is 1.14 bits per heavy atom. The molecule has 0 aromatic heterocycles. The summed E-state index contributed by atoms with van der Waals surface area (Å²) >= 11 is 0. The zero-order valence-corrected chi connectivity index (χ0v) is 17.1. The average molecular weight is 388 g/mol. The Hall–Kier alpha value is -3.07. The summed E-state index contributed by atoms with van der Waals surface area (Å²) in [5.74, 6) is 2.19. The first-order valence-corrected chi connectivity index (χ1v) is 9.62. The Labute approximate surface area is 171 Å². The molecule has 0 atom stereocenters. The molecule has 148 valence electrons. The lowest BCUT2D eigenvalue weighted by Gasteiger charge is -2.55. The zero-order chi connectivity index (χ0) is 20.8. The summed E-state index contributed by atoms with van der Waals surface area (Å²) in [7, 11) is 0. The molecule has 0 unspecified atom stereocenters. The Morgan fingerprint density at radius 2 is 1.69 bits per heavy atom. The summed E-state index contributed by atoms with van der Waals surface area (Å²) in [5.41, 5.74) is 2.48. The van der Waals surface area contributed by atoms with E-state index in [1.165, 1.54) is 5.06 Å². The molecule has 2 aliphatic rings. The van der Waals surface area contributed by atoms with Crippen molar-refractivity contribution in [2.24, 2.45) is 0 Å². The first-order chi connectivity index (χ1) is 13.9. The molecule has 29 heavy (non-hydrogen) atoms. The first-order valence-electron chi connectivity index (χ1n) is 9.62. The molecule has 1 heterocycles. The van der Waals surface area contributed by atoms with Gasteiger partial charge >= 0.3 is 0 Å². The number of amides is 1. The standard InChI is InChI=1S/C24H24N2O3/c1-6-16-28-26-22(27)23(4,5)29-25(17(3)7-2)24(26)20-14-10-8-12-18(20)19-13-9-11-15-21(19)24/h1,7-15H,16H2,2-5H3/b17-7+. The molecule has 1 saturated heterocycles. The van der Waals surface area contributed by atoms with Gasteiger partial charge in [0.2, 0.25) is 5.66 Å². The maximum atomic E-state index is 13.6. The Morgan fingerprint density at radius 3 is 2.21 bits per heavy atom. The number of carbonyl (C=O) groups is 1. The van der Waals surface area contributed by atoms with Crippen LogP contribution in [0.25, 0.3) is 11.1 Å². The minimum Gasteiger partial charge on any atom is -0.269 e. The van der Waals surface area contributed by atoms with Crippen molar-refractivity contribution in [2.75, 3.05) is 6.61 Å². The van der Waals surface area contributed by atoms with E-state index in [2.05, 4.69) is 18.1 Å². The fourth-order valence-corrected chi connectivity index (χ4v) is 4.13. The van der Waals surface area contributed by atoms with Crippen LogP contribution >= 0.6 is 0 Å². The molecule has 0 bridgehead atoms. The van der Waals surface area contributed by atoms with E-state index in [4.69, 9.17) is 16.1 Å². The number of hydroxylamine groups is 4. The van der Waals surface area contributed by atoms with Crippen molar-refractivity contribution in [1.29, 1.82) is 0 Å². The van der Waals surface area contributed by atoms with Crippen LogP contribution in [0.15, 0.2) is 60.3 Å². The van der Waals surface area contributed by atoms with E-state index in [0.717, 1.165) is 28.0 Å². The van der Waals surface area contributed by atoms with E-state index in [1.54, 1.807) is 18.9 Å². The van der Waals surface area contributed by atoms with Crippen LogP contribution in [0.3, 0.4) is 0 Å². The van der Waals surface area contributed by atoms with Crippen molar-refractivity contribution in [1.82, 2.24) is 10.1 Å². The van der Waals surface area contributed by atoms with Crippen molar-refractivity contribution < 1.29 is 14.5 Å². The van der Waals surface area contributed by atoms with Crippen LogP contribution in [0, 0.1) is 12.3 Å². The Kier molecular flexibility index (Phi) is 4.49. The molecular formula is C24H24N2O3. The lowest BCUT2D eigenvalue weighted by molar-refractivity contribution is -0.368. The SMILES string of the molecule is C#CCON1C(=O)C(C)(C)ON(/C(C)=C/C)C12c1ccccc1-c1ccccc12. The topological polar surface area (TPSA) is 42.0 Å². The molecule has 1 aliphatic heterocycles. The van der Waals surface area contributed by atoms with Gasteiger partial charge in [0, 0.05) is 16.8 Å². The smallest absolute Gasteiger partial charge is 0.269 e. The van der Waals surface area contributed by atoms with E-state index in [-0.39, 0.29) is 12.5 Å². The summed E-state index contributed by atoms with van der Waals surface area (Å²) in [5, 5.41) is 3.20. The normalized spacial score (nSPS) is 19.1. The number of benzene rings is 2. The van der Waals surface area contributed by atoms with E-state index < -0.39 is 11.3 Å². The molecule has 1 fully saturated rings. The lowest BCUT2D eigenvalue weighted by atomic mass is 9.92. The molecule has 1 amide bonds. The molecular weight excluding hydrogens is 364 g/mol. The number of nitrogens with zero attached hydrogens (tertiary/aromatic N) is 2. The van der Waals surface area contributed by atoms with Gasteiger partial charge in [-0.3, -0.25) is 14.5 Å². The summed E-state index contributed by atoms with van der Waals surface area (Å²) in [6, 6.07) is 16.0. The average Bonchev–Trinajstić information content (AvgIpc) is 3.02. The predicted octanol–water partition coefficient (Wildman–Crippen LogP) is 4.21. The fraction of sp³-hybridized carbons (Fsp3) is 0.292. The van der Waals surface area contributed by atoms with Gasteiger partial charge in [0.05, 0.1) is 0 Å². The van der Waals surface area contributed by atoms with Gasteiger partial charge in [0.1, 0.15) is 6.61 Å². The van der Waals surface area contributed by atoms with Crippen molar-refractivity contribution >= 4 is 5.91 Å². The highest BCUT2D eigenvalue weighted by atomic mass is 16.8. The van der Waals surface area contributed by atoms with Crippen LogP contribution in [0.5, 0.6) is 0 Å². The van der Waals surface area contributed by atoms with Crippen molar-refractivity contribution in [3.05, 3.63) is 71.4 Å². The Bertz CT molecular complexity index is 1000. The molecule has 0 saturated carbocycles. The fourth-order valence-electron chi connectivity index (χ4n) is 4.13. The third kappa shape index (κ3) is 2.53. The molecule has 1 aliphatic carbocycles. The molecule has 4 rings (SSSR count). The highest BCUT2D eigenvalue weighted by Gasteiger charge is 2.62. The second-order valence-corrected chi connectivity index (χ2v) is 7.67. The second-order valence-electron chi connectivity index (χ2n) is 7.67. The largest absolute Gasteiger partial charge is 0.283 e.